The number of thioether (sulfide) groups is 1. The molecular weight excluding hydrogens is 458 g/mol. The first-order chi connectivity index (χ1) is 16.0. The first-order valence-electron chi connectivity index (χ1n) is 10.8. The lowest BCUT2D eigenvalue weighted by atomic mass is 9.95. The van der Waals surface area contributed by atoms with E-state index in [9.17, 15) is 4.79 Å². The fraction of sp³-hybridized carbons (Fsp3) is 0.292. The van der Waals surface area contributed by atoms with Crippen LogP contribution >= 0.6 is 23.4 Å². The molecule has 9 heteroatoms. The van der Waals surface area contributed by atoms with E-state index in [1.54, 1.807) is 16.4 Å². The van der Waals surface area contributed by atoms with Crippen LogP contribution < -0.4 is 15.8 Å². The molecule has 4 rings (SSSR count). The molecule has 0 spiro atoms. The van der Waals surface area contributed by atoms with Crippen molar-refractivity contribution in [2.45, 2.75) is 44.5 Å². The summed E-state index contributed by atoms with van der Waals surface area (Å²) in [6.07, 6.45) is 2.19. The molecule has 0 saturated carbocycles. The number of rotatable bonds is 9. The van der Waals surface area contributed by atoms with Gasteiger partial charge < -0.3 is 15.8 Å². The van der Waals surface area contributed by atoms with Crippen LogP contribution in [0.4, 0.5) is 5.95 Å². The number of halogens is 1. The number of nitrogens with zero attached hydrogens (tertiary/aromatic N) is 3. The second kappa shape index (κ2) is 10.3. The molecule has 1 aliphatic heterocycles. The summed E-state index contributed by atoms with van der Waals surface area (Å²) in [5.41, 5.74) is 8.76. The average molecular weight is 484 g/mol. The minimum Gasteiger partial charge on any atom is -0.489 e. The molecule has 3 aromatic rings. The minimum absolute atomic E-state index is 0.400. The fourth-order valence-corrected chi connectivity index (χ4v) is 4.69. The van der Waals surface area contributed by atoms with Crippen LogP contribution in [0.15, 0.2) is 65.0 Å². The van der Waals surface area contributed by atoms with Crippen molar-refractivity contribution in [2.75, 3.05) is 11.1 Å². The predicted octanol–water partition coefficient (Wildman–Crippen LogP) is 5.18. The molecule has 7 nitrogen and oxygen atoms in total. The van der Waals surface area contributed by atoms with Gasteiger partial charge in [-0.05, 0) is 48.7 Å². The number of anilines is 1. The van der Waals surface area contributed by atoms with Crippen molar-refractivity contribution in [2.24, 2.45) is 5.73 Å². The van der Waals surface area contributed by atoms with E-state index in [1.807, 2.05) is 55.5 Å². The van der Waals surface area contributed by atoms with E-state index in [4.69, 9.17) is 22.1 Å². The summed E-state index contributed by atoms with van der Waals surface area (Å²) in [6.45, 7) is 4.38. The fourth-order valence-electron chi connectivity index (χ4n) is 3.65. The van der Waals surface area contributed by atoms with E-state index >= 15 is 0 Å². The van der Waals surface area contributed by atoms with E-state index < -0.39 is 11.9 Å². The molecule has 0 fully saturated rings. The number of carbonyl (C=O) groups excluding carboxylic acids is 1. The van der Waals surface area contributed by atoms with Gasteiger partial charge >= 0.3 is 0 Å². The summed E-state index contributed by atoms with van der Waals surface area (Å²) < 4.78 is 7.74. The number of carbonyl (C=O) groups is 1. The Bertz CT molecular complexity index is 1180. The third kappa shape index (κ3) is 5.34. The Morgan fingerprint density at radius 2 is 2.06 bits per heavy atom. The van der Waals surface area contributed by atoms with Crippen LogP contribution in [0, 0.1) is 0 Å². The quantitative estimate of drug-likeness (QED) is 0.322. The molecule has 2 heterocycles. The lowest BCUT2D eigenvalue weighted by Crippen LogP contribution is -2.31. The Balaban J connectivity index is 1.63. The van der Waals surface area contributed by atoms with Gasteiger partial charge in [-0.1, -0.05) is 61.0 Å². The highest BCUT2D eigenvalue weighted by molar-refractivity contribution is 7.99. The monoisotopic (exact) mass is 483 g/mol. The van der Waals surface area contributed by atoms with Gasteiger partial charge in [-0.15, -0.1) is 5.10 Å². The number of nitrogens with two attached hydrogens (primary N) is 1. The van der Waals surface area contributed by atoms with Gasteiger partial charge in [0.15, 0.2) is 0 Å². The largest absolute Gasteiger partial charge is 0.489 e. The molecule has 0 bridgehead atoms. The molecule has 1 aromatic heterocycles. The maximum absolute atomic E-state index is 12.4. The van der Waals surface area contributed by atoms with Crippen LogP contribution in [-0.4, -0.2) is 26.4 Å². The number of primary amides is 1. The van der Waals surface area contributed by atoms with Gasteiger partial charge in [-0.25, -0.2) is 4.68 Å². The normalized spacial score (nSPS) is 15.2. The second-order valence-corrected chi connectivity index (χ2v) is 9.28. The summed E-state index contributed by atoms with van der Waals surface area (Å²) in [7, 11) is 0. The number of unbranched alkanes of at least 4 members (excludes halogenated alkanes) is 1. The number of benzene rings is 2. The minimum atomic E-state index is -0.501. The van der Waals surface area contributed by atoms with Gasteiger partial charge in [-0.2, -0.15) is 4.98 Å². The molecule has 1 unspecified atom stereocenters. The van der Waals surface area contributed by atoms with Crippen molar-refractivity contribution in [3.05, 3.63) is 76.0 Å². The van der Waals surface area contributed by atoms with Crippen molar-refractivity contribution < 1.29 is 9.53 Å². The average Bonchev–Trinajstić information content (AvgIpc) is 3.20. The van der Waals surface area contributed by atoms with Crippen LogP contribution in [-0.2, 0) is 11.4 Å². The van der Waals surface area contributed by atoms with E-state index in [1.165, 1.54) is 0 Å². The van der Waals surface area contributed by atoms with Gasteiger partial charge in [0.25, 0.3) is 0 Å². The number of fused-ring (bicyclic) bond motifs is 1. The second-order valence-electron chi connectivity index (χ2n) is 7.78. The van der Waals surface area contributed by atoms with Crippen molar-refractivity contribution in [1.29, 1.82) is 0 Å². The van der Waals surface area contributed by atoms with Crippen LogP contribution in [0.3, 0.4) is 0 Å². The molecule has 1 aliphatic rings. The highest BCUT2D eigenvalue weighted by Crippen LogP contribution is 2.37. The molecule has 0 radical (unpaired) electrons. The number of aromatic nitrogens is 3. The standard InChI is InChI=1S/C24H26ClN5O2S/c1-3-4-12-33-24-28-23-27-15(2)20(22(26)31)21(30(23)29-24)17-6-5-7-19(13-17)32-14-16-8-10-18(25)11-9-16/h5-11,13,21H,3-4,12,14H2,1-2H3,(H2,26,31)(H,27,28,29). The summed E-state index contributed by atoms with van der Waals surface area (Å²) in [5.74, 6) is 1.71. The lowest BCUT2D eigenvalue weighted by molar-refractivity contribution is -0.115. The molecule has 33 heavy (non-hydrogen) atoms. The number of hydrogen-bond donors (Lipinski definition) is 2. The maximum Gasteiger partial charge on any atom is 0.248 e. The molecule has 172 valence electrons. The van der Waals surface area contributed by atoms with Crippen molar-refractivity contribution in [3.8, 4) is 5.75 Å². The Kier molecular flexibility index (Phi) is 7.25. The van der Waals surface area contributed by atoms with Crippen LogP contribution in [0.2, 0.25) is 5.02 Å². The van der Waals surface area contributed by atoms with Crippen molar-refractivity contribution in [1.82, 2.24) is 14.8 Å². The summed E-state index contributed by atoms with van der Waals surface area (Å²) in [6, 6.07) is 14.7. The van der Waals surface area contributed by atoms with Gasteiger partial charge in [0.1, 0.15) is 18.4 Å². The van der Waals surface area contributed by atoms with Crippen LogP contribution in [0.5, 0.6) is 5.75 Å². The highest BCUT2D eigenvalue weighted by atomic mass is 35.5. The highest BCUT2D eigenvalue weighted by Gasteiger charge is 2.33. The molecule has 2 aromatic carbocycles. The Hall–Kier alpha value is -2.97. The molecule has 1 amide bonds. The smallest absolute Gasteiger partial charge is 0.248 e. The zero-order chi connectivity index (χ0) is 23.4. The number of hydrogen-bond acceptors (Lipinski definition) is 6. The number of allylic oxidation sites excluding steroid dienone is 1. The van der Waals surface area contributed by atoms with E-state index in [2.05, 4.69) is 22.3 Å². The van der Waals surface area contributed by atoms with Gasteiger partial charge in [-0.3, -0.25) is 4.79 Å². The van der Waals surface area contributed by atoms with Crippen LogP contribution in [0.25, 0.3) is 0 Å². The molecule has 1 atom stereocenters. The zero-order valence-electron chi connectivity index (χ0n) is 18.5. The first-order valence-corrected chi connectivity index (χ1v) is 12.2. The topological polar surface area (TPSA) is 95.1 Å². The summed E-state index contributed by atoms with van der Waals surface area (Å²) in [4.78, 5) is 17.0. The third-order valence-electron chi connectivity index (χ3n) is 5.32. The number of amides is 1. The predicted molar refractivity (Wildman–Crippen MR) is 132 cm³/mol. The van der Waals surface area contributed by atoms with Gasteiger partial charge in [0.05, 0.1) is 5.57 Å². The van der Waals surface area contributed by atoms with E-state index in [-0.39, 0.29) is 0 Å². The Morgan fingerprint density at radius 3 is 2.79 bits per heavy atom. The number of nitrogens with one attached hydrogen (secondary N) is 1. The van der Waals surface area contributed by atoms with E-state index in [0.29, 0.717) is 39.8 Å². The third-order valence-corrected chi connectivity index (χ3v) is 6.50. The zero-order valence-corrected chi connectivity index (χ0v) is 20.1. The Morgan fingerprint density at radius 1 is 1.27 bits per heavy atom. The van der Waals surface area contributed by atoms with Crippen molar-refractivity contribution >= 4 is 35.2 Å². The molecule has 0 aliphatic carbocycles. The Labute approximate surface area is 202 Å². The number of ether oxygens (including phenoxy) is 1. The van der Waals surface area contributed by atoms with Gasteiger partial charge in [0, 0.05) is 16.5 Å². The summed E-state index contributed by atoms with van der Waals surface area (Å²) >= 11 is 7.57. The molecule has 3 N–H and O–H groups in total. The maximum atomic E-state index is 12.4. The molecular formula is C24H26ClN5O2S. The SMILES string of the molecule is CCCCSc1nc2n(n1)C(c1cccc(OCc3ccc(Cl)cc3)c1)C(C(N)=O)=C(C)N2. The van der Waals surface area contributed by atoms with Gasteiger partial charge in [0.2, 0.25) is 17.0 Å². The first kappa shape index (κ1) is 23.2. The molecule has 0 saturated heterocycles. The van der Waals surface area contributed by atoms with E-state index in [0.717, 1.165) is 29.7 Å². The lowest BCUT2D eigenvalue weighted by Gasteiger charge is -2.27. The van der Waals surface area contributed by atoms with Crippen LogP contribution in [0.1, 0.15) is 43.9 Å². The van der Waals surface area contributed by atoms with Crippen molar-refractivity contribution in [3.63, 3.8) is 0 Å². The summed E-state index contributed by atoms with van der Waals surface area (Å²) in [5, 5.41) is 9.23.